The summed E-state index contributed by atoms with van der Waals surface area (Å²) in [6.07, 6.45) is 3.65. The lowest BCUT2D eigenvalue weighted by atomic mass is 10.2. The van der Waals surface area contributed by atoms with Crippen molar-refractivity contribution in [3.05, 3.63) is 11.0 Å². The zero-order chi connectivity index (χ0) is 12.8. The number of carbonyl (C=O) groups excluding carboxylic acids is 2. The Hall–Kier alpha value is -1.01. The highest BCUT2D eigenvalue weighted by Crippen LogP contribution is 2.33. The molecule has 6 heteroatoms. The average molecular weight is 258 g/mol. The minimum Gasteiger partial charge on any atom is -0.384 e. The molecule has 1 saturated heterocycles. The van der Waals surface area contributed by atoms with Crippen molar-refractivity contribution < 1.29 is 14.3 Å². The van der Waals surface area contributed by atoms with Crippen LogP contribution in [0.15, 0.2) is 11.0 Å². The third kappa shape index (κ3) is 4.05. The van der Waals surface area contributed by atoms with E-state index in [2.05, 4.69) is 6.08 Å². The molecule has 0 aromatic carbocycles. The molecular weight excluding hydrogens is 240 g/mol. The van der Waals surface area contributed by atoms with Gasteiger partial charge in [-0.2, -0.15) is 0 Å². The number of methoxy groups -OCH3 is 1. The van der Waals surface area contributed by atoms with Gasteiger partial charge in [-0.15, -0.1) is 11.8 Å². The van der Waals surface area contributed by atoms with Crippen molar-refractivity contribution >= 4 is 23.7 Å². The van der Waals surface area contributed by atoms with Gasteiger partial charge in [0.15, 0.2) is 0 Å². The monoisotopic (exact) mass is 258 g/mol. The molecule has 3 amide bonds. The maximum Gasteiger partial charge on any atom is 0.321 e. The first-order valence-corrected chi connectivity index (χ1v) is 6.44. The van der Waals surface area contributed by atoms with Crippen molar-refractivity contribution in [3.8, 4) is 0 Å². The molecule has 17 heavy (non-hydrogen) atoms. The zero-order valence-electron chi connectivity index (χ0n) is 10.1. The van der Waals surface area contributed by atoms with Gasteiger partial charge in [0.25, 0.3) is 0 Å². The van der Waals surface area contributed by atoms with Crippen LogP contribution in [-0.2, 0) is 9.53 Å². The smallest absolute Gasteiger partial charge is 0.321 e. The number of ether oxygens (including phenoxy) is 1. The highest BCUT2D eigenvalue weighted by Gasteiger charge is 2.30. The standard InChI is InChI=1S/C11H18N2O3S/c1-8(14)13(11(12)15)9-6-10(17-7-9)4-3-5-16-2/h4,9H,3,5-7H2,1-2H3,(H2,12,15)/b10-4-/t9-/m1/s1. The normalized spacial score (nSPS) is 21.8. The fourth-order valence-corrected chi connectivity index (χ4v) is 3.01. The Bertz CT molecular complexity index is 317. The van der Waals surface area contributed by atoms with E-state index in [1.807, 2.05) is 0 Å². The second-order valence-electron chi connectivity index (χ2n) is 3.85. The molecule has 2 N–H and O–H groups in total. The molecule has 0 radical (unpaired) electrons. The van der Waals surface area contributed by atoms with Gasteiger partial charge in [0, 0.05) is 26.4 Å². The number of amides is 3. The van der Waals surface area contributed by atoms with Gasteiger partial charge in [0.05, 0.1) is 6.04 Å². The van der Waals surface area contributed by atoms with Crippen LogP contribution in [-0.4, -0.2) is 42.3 Å². The minimum atomic E-state index is -0.666. The van der Waals surface area contributed by atoms with Crippen molar-refractivity contribution in [1.29, 1.82) is 0 Å². The van der Waals surface area contributed by atoms with Crippen LogP contribution < -0.4 is 5.73 Å². The van der Waals surface area contributed by atoms with E-state index in [9.17, 15) is 9.59 Å². The molecule has 0 bridgehead atoms. The summed E-state index contributed by atoms with van der Waals surface area (Å²) in [5.41, 5.74) is 5.20. The molecule has 1 aliphatic rings. The van der Waals surface area contributed by atoms with Gasteiger partial charge >= 0.3 is 6.03 Å². The summed E-state index contributed by atoms with van der Waals surface area (Å²) in [6, 6.07) is -0.773. The highest BCUT2D eigenvalue weighted by molar-refractivity contribution is 8.03. The van der Waals surface area contributed by atoms with Gasteiger partial charge in [-0.25, -0.2) is 4.79 Å². The quantitative estimate of drug-likeness (QED) is 0.772. The van der Waals surface area contributed by atoms with E-state index in [-0.39, 0.29) is 11.9 Å². The van der Waals surface area contributed by atoms with E-state index in [1.54, 1.807) is 18.9 Å². The first kappa shape index (κ1) is 14.1. The Morgan fingerprint density at radius 1 is 1.65 bits per heavy atom. The molecular formula is C11H18N2O3S. The van der Waals surface area contributed by atoms with E-state index < -0.39 is 6.03 Å². The summed E-state index contributed by atoms with van der Waals surface area (Å²) >= 11 is 1.67. The Morgan fingerprint density at radius 3 is 2.88 bits per heavy atom. The van der Waals surface area contributed by atoms with Crippen molar-refractivity contribution in [2.24, 2.45) is 5.73 Å². The van der Waals surface area contributed by atoms with E-state index in [4.69, 9.17) is 10.5 Å². The average Bonchev–Trinajstić information content (AvgIpc) is 2.65. The van der Waals surface area contributed by atoms with Gasteiger partial charge in [-0.05, 0) is 17.7 Å². The largest absolute Gasteiger partial charge is 0.384 e. The number of carbonyl (C=O) groups is 2. The topological polar surface area (TPSA) is 72.6 Å². The summed E-state index contributed by atoms with van der Waals surface area (Å²) in [5, 5.41) is 0. The minimum absolute atomic E-state index is 0.108. The van der Waals surface area contributed by atoms with Crippen LogP contribution in [0.25, 0.3) is 0 Å². The van der Waals surface area contributed by atoms with Crippen LogP contribution >= 0.6 is 11.8 Å². The molecule has 0 saturated carbocycles. The zero-order valence-corrected chi connectivity index (χ0v) is 11.0. The second kappa shape index (κ2) is 6.66. The number of rotatable bonds is 4. The van der Waals surface area contributed by atoms with Gasteiger partial charge in [-0.1, -0.05) is 6.08 Å². The molecule has 0 aromatic rings. The lowest BCUT2D eigenvalue weighted by molar-refractivity contribution is -0.127. The van der Waals surface area contributed by atoms with Gasteiger partial charge < -0.3 is 10.5 Å². The predicted molar refractivity (Wildman–Crippen MR) is 67.5 cm³/mol. The number of urea groups is 1. The van der Waals surface area contributed by atoms with Gasteiger partial charge in [-0.3, -0.25) is 9.69 Å². The number of primary amides is 1. The lowest BCUT2D eigenvalue weighted by Crippen LogP contribution is -2.46. The third-order valence-electron chi connectivity index (χ3n) is 2.53. The number of imide groups is 1. The summed E-state index contributed by atoms with van der Waals surface area (Å²) in [4.78, 5) is 24.8. The third-order valence-corrected chi connectivity index (χ3v) is 3.79. The summed E-state index contributed by atoms with van der Waals surface area (Å²) in [5.74, 6) is 0.433. The number of nitrogens with two attached hydrogens (primary N) is 1. The molecule has 1 heterocycles. The van der Waals surface area contributed by atoms with Crippen LogP contribution in [0.2, 0.25) is 0 Å². The van der Waals surface area contributed by atoms with E-state index in [1.165, 1.54) is 11.8 Å². The molecule has 0 aliphatic carbocycles. The molecule has 0 aromatic heterocycles. The molecule has 0 spiro atoms. The van der Waals surface area contributed by atoms with Crippen LogP contribution in [0.1, 0.15) is 19.8 Å². The predicted octanol–water partition coefficient (Wildman–Crippen LogP) is 1.34. The second-order valence-corrected chi connectivity index (χ2v) is 4.99. The van der Waals surface area contributed by atoms with E-state index in [0.29, 0.717) is 13.0 Å². The van der Waals surface area contributed by atoms with E-state index >= 15 is 0 Å². The van der Waals surface area contributed by atoms with Gasteiger partial charge in [0.2, 0.25) is 5.91 Å². The number of hydrogen-bond acceptors (Lipinski definition) is 4. The number of nitrogens with zero attached hydrogens (tertiary/aromatic N) is 1. The molecule has 1 aliphatic heterocycles. The highest BCUT2D eigenvalue weighted by atomic mass is 32.2. The molecule has 1 atom stereocenters. The maximum absolute atomic E-state index is 11.3. The van der Waals surface area contributed by atoms with Crippen molar-refractivity contribution in [3.63, 3.8) is 0 Å². The lowest BCUT2D eigenvalue weighted by Gasteiger charge is -2.22. The summed E-state index contributed by atoms with van der Waals surface area (Å²) in [6.45, 7) is 2.04. The van der Waals surface area contributed by atoms with Crippen molar-refractivity contribution in [2.45, 2.75) is 25.8 Å². The molecule has 0 unspecified atom stereocenters. The molecule has 96 valence electrons. The Morgan fingerprint density at radius 2 is 2.35 bits per heavy atom. The molecule has 1 fully saturated rings. The molecule has 5 nitrogen and oxygen atoms in total. The van der Waals surface area contributed by atoms with Crippen LogP contribution in [0.4, 0.5) is 4.79 Å². The Labute approximate surface area is 105 Å². The van der Waals surface area contributed by atoms with Crippen LogP contribution in [0.5, 0.6) is 0 Å². The summed E-state index contributed by atoms with van der Waals surface area (Å²) < 4.78 is 4.96. The molecule has 1 rings (SSSR count). The maximum atomic E-state index is 11.3. The first-order chi connectivity index (χ1) is 8.06. The first-order valence-electron chi connectivity index (χ1n) is 5.46. The summed E-state index contributed by atoms with van der Waals surface area (Å²) in [7, 11) is 1.66. The van der Waals surface area contributed by atoms with Crippen molar-refractivity contribution in [1.82, 2.24) is 4.90 Å². The number of hydrogen-bond donors (Lipinski definition) is 1. The van der Waals surface area contributed by atoms with Crippen molar-refractivity contribution in [2.75, 3.05) is 19.5 Å². The van der Waals surface area contributed by atoms with Crippen LogP contribution in [0.3, 0.4) is 0 Å². The fraction of sp³-hybridized carbons (Fsp3) is 0.636. The SMILES string of the molecule is COCC/C=C1/C[C@@H](N(C(C)=O)C(N)=O)CS1. The Balaban J connectivity index is 2.56. The Kier molecular flexibility index (Phi) is 5.50. The number of thioether (sulfide) groups is 1. The van der Waals surface area contributed by atoms with Gasteiger partial charge in [0.1, 0.15) is 0 Å². The fourth-order valence-electron chi connectivity index (χ4n) is 1.79. The van der Waals surface area contributed by atoms with E-state index in [0.717, 1.165) is 17.1 Å². The van der Waals surface area contributed by atoms with Crippen LogP contribution in [0, 0.1) is 0 Å².